The first-order valence-electron chi connectivity index (χ1n) is 8.15. The van der Waals surface area contributed by atoms with E-state index in [1.807, 2.05) is 0 Å². The Hall–Kier alpha value is -2.93. The summed E-state index contributed by atoms with van der Waals surface area (Å²) in [5.41, 5.74) is 6.04. The second-order valence-corrected chi connectivity index (χ2v) is 6.47. The molecule has 0 saturated carbocycles. The number of benzene rings is 2. The molecule has 0 aliphatic carbocycles. The molecule has 1 aliphatic heterocycles. The summed E-state index contributed by atoms with van der Waals surface area (Å²) in [6.07, 6.45) is 0.248. The Kier molecular flexibility index (Phi) is 5.14. The van der Waals surface area contributed by atoms with Crippen molar-refractivity contribution >= 4 is 23.5 Å². The predicted octanol–water partition coefficient (Wildman–Crippen LogP) is 2.25. The zero-order chi connectivity index (χ0) is 19.6. The van der Waals surface area contributed by atoms with Crippen LogP contribution < -0.4 is 25.3 Å². The third-order valence-corrected chi connectivity index (χ3v) is 4.69. The van der Waals surface area contributed by atoms with E-state index in [0.29, 0.717) is 27.8 Å². The Morgan fingerprint density at radius 1 is 1.07 bits per heavy atom. The van der Waals surface area contributed by atoms with Crippen molar-refractivity contribution in [2.75, 3.05) is 21.3 Å². The average Bonchev–Trinajstić information content (AvgIpc) is 2.95. The molecule has 8 heteroatoms. The number of nitrogens with two attached hydrogens (primary N) is 1. The fourth-order valence-corrected chi connectivity index (χ4v) is 3.31. The van der Waals surface area contributed by atoms with Crippen molar-refractivity contribution in [3.63, 3.8) is 0 Å². The standard InChI is InChI=1S/C19H20ClN3O4/c1-25-14-8-11(9-15(26-2)16(14)27-3)10-19(17(24)22-18(21)23-19)12-4-6-13(20)7-5-12/h4-9H,10H2,1-3H3,(H3,21,22,23,24)/t19-/m0/s1. The molecule has 27 heavy (non-hydrogen) atoms. The molecule has 0 aromatic heterocycles. The zero-order valence-electron chi connectivity index (χ0n) is 15.2. The van der Waals surface area contributed by atoms with Crippen molar-refractivity contribution < 1.29 is 19.0 Å². The number of hydrogen-bond acceptors (Lipinski definition) is 6. The van der Waals surface area contributed by atoms with Crippen LogP contribution in [0.3, 0.4) is 0 Å². The average molecular weight is 390 g/mol. The maximum Gasteiger partial charge on any atom is 0.259 e. The van der Waals surface area contributed by atoms with Crippen LogP contribution in [0.2, 0.25) is 5.02 Å². The van der Waals surface area contributed by atoms with Crippen LogP contribution in [-0.4, -0.2) is 33.2 Å². The van der Waals surface area contributed by atoms with Crippen molar-refractivity contribution in [1.82, 2.24) is 5.32 Å². The summed E-state index contributed by atoms with van der Waals surface area (Å²) in [6, 6.07) is 10.5. The van der Waals surface area contributed by atoms with Gasteiger partial charge in [-0.05, 0) is 35.4 Å². The van der Waals surface area contributed by atoms with Gasteiger partial charge in [0, 0.05) is 11.4 Å². The number of aliphatic imine (C=N–C) groups is 1. The van der Waals surface area contributed by atoms with Gasteiger partial charge in [0.1, 0.15) is 0 Å². The minimum atomic E-state index is -1.21. The number of rotatable bonds is 6. The Morgan fingerprint density at radius 2 is 1.67 bits per heavy atom. The van der Waals surface area contributed by atoms with Gasteiger partial charge in [-0.2, -0.15) is 0 Å². The molecule has 0 radical (unpaired) electrons. The highest BCUT2D eigenvalue weighted by atomic mass is 35.5. The van der Waals surface area contributed by atoms with Gasteiger partial charge in [-0.1, -0.05) is 23.7 Å². The van der Waals surface area contributed by atoms with Crippen LogP contribution in [0, 0.1) is 0 Å². The molecule has 0 saturated heterocycles. The van der Waals surface area contributed by atoms with Crippen molar-refractivity contribution in [1.29, 1.82) is 0 Å². The van der Waals surface area contributed by atoms with Crippen LogP contribution in [-0.2, 0) is 16.8 Å². The molecule has 2 aromatic rings. The third-order valence-electron chi connectivity index (χ3n) is 4.43. The molecular formula is C19H20ClN3O4. The molecule has 2 aromatic carbocycles. The molecule has 0 unspecified atom stereocenters. The number of halogens is 1. The summed E-state index contributed by atoms with van der Waals surface area (Å²) in [5, 5.41) is 3.16. The highest BCUT2D eigenvalue weighted by molar-refractivity contribution is 6.30. The molecule has 7 nitrogen and oxygen atoms in total. The maximum absolute atomic E-state index is 12.8. The number of guanidine groups is 1. The van der Waals surface area contributed by atoms with Gasteiger partial charge in [-0.15, -0.1) is 0 Å². The number of nitrogens with one attached hydrogen (secondary N) is 1. The van der Waals surface area contributed by atoms with E-state index < -0.39 is 5.54 Å². The minimum Gasteiger partial charge on any atom is -0.493 e. The van der Waals surface area contributed by atoms with E-state index in [2.05, 4.69) is 10.3 Å². The van der Waals surface area contributed by atoms with Crippen molar-refractivity contribution in [2.45, 2.75) is 12.0 Å². The van der Waals surface area contributed by atoms with E-state index in [1.165, 1.54) is 21.3 Å². The van der Waals surface area contributed by atoms with Gasteiger partial charge >= 0.3 is 0 Å². The lowest BCUT2D eigenvalue weighted by atomic mass is 9.84. The SMILES string of the molecule is COc1cc(C[C@@]2(c3ccc(Cl)cc3)N=C(N)NC2=O)cc(OC)c1OC. The first-order valence-corrected chi connectivity index (χ1v) is 8.53. The topological polar surface area (TPSA) is 95.2 Å². The second-order valence-electron chi connectivity index (χ2n) is 6.03. The van der Waals surface area contributed by atoms with Crippen LogP contribution in [0.5, 0.6) is 17.2 Å². The second kappa shape index (κ2) is 7.36. The largest absolute Gasteiger partial charge is 0.493 e. The van der Waals surface area contributed by atoms with E-state index in [4.69, 9.17) is 31.5 Å². The molecule has 0 bridgehead atoms. The zero-order valence-corrected chi connectivity index (χ0v) is 16.0. The fourth-order valence-electron chi connectivity index (χ4n) is 3.18. The van der Waals surface area contributed by atoms with Crippen LogP contribution in [0.1, 0.15) is 11.1 Å². The lowest BCUT2D eigenvalue weighted by Crippen LogP contribution is -2.40. The number of carbonyl (C=O) groups excluding carboxylic acids is 1. The summed E-state index contributed by atoms with van der Waals surface area (Å²) in [5.74, 6) is 1.23. The maximum atomic E-state index is 12.8. The van der Waals surface area contributed by atoms with Gasteiger partial charge in [0.05, 0.1) is 21.3 Å². The summed E-state index contributed by atoms with van der Waals surface area (Å²) >= 11 is 5.99. The molecule has 3 rings (SSSR count). The summed E-state index contributed by atoms with van der Waals surface area (Å²) in [7, 11) is 4.60. The van der Waals surface area contributed by atoms with Crippen molar-refractivity contribution in [3.8, 4) is 17.2 Å². The number of hydrogen-bond donors (Lipinski definition) is 2. The number of methoxy groups -OCH3 is 3. The number of carbonyl (C=O) groups is 1. The van der Waals surface area contributed by atoms with Gasteiger partial charge in [-0.3, -0.25) is 10.1 Å². The van der Waals surface area contributed by atoms with Gasteiger partial charge in [-0.25, -0.2) is 4.99 Å². The third kappa shape index (κ3) is 3.38. The Bertz CT molecular complexity index is 873. The minimum absolute atomic E-state index is 0.0717. The van der Waals surface area contributed by atoms with Gasteiger partial charge in [0.25, 0.3) is 5.91 Å². The Morgan fingerprint density at radius 3 is 2.11 bits per heavy atom. The smallest absolute Gasteiger partial charge is 0.259 e. The van der Waals surface area contributed by atoms with Crippen molar-refractivity contribution in [3.05, 3.63) is 52.5 Å². The summed E-state index contributed by atoms with van der Waals surface area (Å²) in [6.45, 7) is 0. The first-order chi connectivity index (χ1) is 12.9. The summed E-state index contributed by atoms with van der Waals surface area (Å²) < 4.78 is 16.2. The lowest BCUT2D eigenvalue weighted by molar-refractivity contribution is -0.124. The Balaban J connectivity index is 2.11. The highest BCUT2D eigenvalue weighted by Gasteiger charge is 2.45. The lowest BCUT2D eigenvalue weighted by Gasteiger charge is -2.25. The molecule has 142 valence electrons. The van der Waals surface area contributed by atoms with E-state index >= 15 is 0 Å². The first kappa shape index (κ1) is 18.8. The quantitative estimate of drug-likeness (QED) is 0.790. The van der Waals surface area contributed by atoms with Gasteiger partial charge in [0.15, 0.2) is 23.0 Å². The van der Waals surface area contributed by atoms with Crippen molar-refractivity contribution in [2.24, 2.45) is 10.7 Å². The molecule has 1 aliphatic rings. The van der Waals surface area contributed by atoms with E-state index in [1.54, 1.807) is 36.4 Å². The molecule has 1 amide bonds. The van der Waals surface area contributed by atoms with Gasteiger partial charge in [0.2, 0.25) is 5.75 Å². The highest BCUT2D eigenvalue weighted by Crippen LogP contribution is 2.41. The predicted molar refractivity (Wildman–Crippen MR) is 103 cm³/mol. The van der Waals surface area contributed by atoms with E-state index in [9.17, 15) is 4.79 Å². The number of nitrogens with zero attached hydrogens (tertiary/aromatic N) is 1. The monoisotopic (exact) mass is 389 g/mol. The molecule has 1 atom stereocenters. The van der Waals surface area contributed by atoms with Crippen LogP contribution in [0.25, 0.3) is 0 Å². The molecular weight excluding hydrogens is 370 g/mol. The molecule has 0 fully saturated rings. The number of amides is 1. The molecule has 1 heterocycles. The Labute approximate surface area is 162 Å². The summed E-state index contributed by atoms with van der Waals surface area (Å²) in [4.78, 5) is 17.2. The van der Waals surface area contributed by atoms with Crippen LogP contribution in [0.4, 0.5) is 0 Å². The van der Waals surface area contributed by atoms with Crippen LogP contribution >= 0.6 is 11.6 Å². The van der Waals surface area contributed by atoms with E-state index in [0.717, 1.165) is 5.56 Å². The molecule has 3 N–H and O–H groups in total. The van der Waals surface area contributed by atoms with Gasteiger partial charge < -0.3 is 19.9 Å². The fraction of sp³-hybridized carbons (Fsp3) is 0.263. The van der Waals surface area contributed by atoms with Crippen LogP contribution in [0.15, 0.2) is 41.4 Å². The molecule has 0 spiro atoms. The normalized spacial score (nSPS) is 18.7. The number of ether oxygens (including phenoxy) is 3. The van der Waals surface area contributed by atoms with E-state index in [-0.39, 0.29) is 18.3 Å².